The highest BCUT2D eigenvalue weighted by Gasteiger charge is 2.24. The van der Waals surface area contributed by atoms with Crippen LogP contribution in [0.3, 0.4) is 0 Å². The Morgan fingerprint density at radius 2 is 1.52 bits per heavy atom. The standard InChI is InChI=1S/C17H20N2O2/c1-17(2,18-3)16(20)19-13-9-11-15(12-10-13)21-14-7-5-4-6-8-14/h4-12,18H,1-3H3,(H,19,20). The molecule has 1 amide bonds. The topological polar surface area (TPSA) is 50.4 Å². The summed E-state index contributed by atoms with van der Waals surface area (Å²) in [4.78, 5) is 12.0. The van der Waals surface area contributed by atoms with E-state index in [4.69, 9.17) is 4.74 Å². The number of anilines is 1. The molecule has 2 rings (SSSR count). The number of para-hydroxylation sites is 1. The molecule has 4 heteroatoms. The van der Waals surface area contributed by atoms with Crippen molar-refractivity contribution in [3.63, 3.8) is 0 Å². The van der Waals surface area contributed by atoms with Crippen LogP contribution in [0.25, 0.3) is 0 Å². The molecule has 110 valence electrons. The number of ether oxygens (including phenoxy) is 1. The number of amides is 1. The van der Waals surface area contributed by atoms with Crippen LogP contribution < -0.4 is 15.4 Å². The highest BCUT2D eigenvalue weighted by Crippen LogP contribution is 2.22. The van der Waals surface area contributed by atoms with Gasteiger partial charge in [-0.05, 0) is 57.3 Å². The van der Waals surface area contributed by atoms with Crippen LogP contribution in [-0.2, 0) is 4.79 Å². The van der Waals surface area contributed by atoms with Crippen LogP contribution in [0.1, 0.15) is 13.8 Å². The van der Waals surface area contributed by atoms with Gasteiger partial charge in [0.15, 0.2) is 0 Å². The Morgan fingerprint density at radius 1 is 0.952 bits per heavy atom. The lowest BCUT2D eigenvalue weighted by Gasteiger charge is -2.22. The van der Waals surface area contributed by atoms with Crippen molar-refractivity contribution in [2.24, 2.45) is 0 Å². The monoisotopic (exact) mass is 284 g/mol. The SMILES string of the molecule is CNC(C)(C)C(=O)Nc1ccc(Oc2ccccc2)cc1. The van der Waals surface area contributed by atoms with Crippen LogP contribution in [-0.4, -0.2) is 18.5 Å². The molecular formula is C17H20N2O2. The fraction of sp³-hybridized carbons (Fsp3) is 0.235. The number of carbonyl (C=O) groups is 1. The normalized spacial score (nSPS) is 11.0. The van der Waals surface area contributed by atoms with Gasteiger partial charge in [0.1, 0.15) is 11.5 Å². The van der Waals surface area contributed by atoms with E-state index < -0.39 is 5.54 Å². The molecule has 21 heavy (non-hydrogen) atoms. The first-order valence-electron chi connectivity index (χ1n) is 6.84. The van der Waals surface area contributed by atoms with Gasteiger partial charge in [-0.1, -0.05) is 18.2 Å². The molecular weight excluding hydrogens is 264 g/mol. The van der Waals surface area contributed by atoms with Gasteiger partial charge in [0.2, 0.25) is 5.91 Å². The summed E-state index contributed by atoms with van der Waals surface area (Å²) in [5, 5.41) is 5.84. The lowest BCUT2D eigenvalue weighted by atomic mass is 10.1. The lowest BCUT2D eigenvalue weighted by molar-refractivity contribution is -0.121. The summed E-state index contributed by atoms with van der Waals surface area (Å²) in [5.41, 5.74) is 0.128. The van der Waals surface area contributed by atoms with E-state index in [-0.39, 0.29) is 5.91 Å². The molecule has 0 aliphatic rings. The van der Waals surface area contributed by atoms with Gasteiger partial charge in [0.05, 0.1) is 5.54 Å². The first kappa shape index (κ1) is 15.1. The summed E-state index contributed by atoms with van der Waals surface area (Å²) < 4.78 is 5.70. The van der Waals surface area contributed by atoms with Crippen LogP contribution in [0, 0.1) is 0 Å². The first-order valence-corrected chi connectivity index (χ1v) is 6.84. The first-order chi connectivity index (χ1) is 10.0. The maximum Gasteiger partial charge on any atom is 0.244 e. The van der Waals surface area contributed by atoms with E-state index in [1.807, 2.05) is 68.4 Å². The van der Waals surface area contributed by atoms with E-state index in [0.717, 1.165) is 17.2 Å². The molecule has 0 aromatic heterocycles. The van der Waals surface area contributed by atoms with E-state index in [9.17, 15) is 4.79 Å². The maximum absolute atomic E-state index is 12.0. The number of rotatable bonds is 5. The van der Waals surface area contributed by atoms with Crippen molar-refractivity contribution in [3.05, 3.63) is 54.6 Å². The molecule has 0 aliphatic carbocycles. The van der Waals surface area contributed by atoms with Crippen molar-refractivity contribution in [1.29, 1.82) is 0 Å². The Bertz CT molecular complexity index is 592. The van der Waals surface area contributed by atoms with Crippen LogP contribution in [0.15, 0.2) is 54.6 Å². The van der Waals surface area contributed by atoms with Gasteiger partial charge in [-0.25, -0.2) is 0 Å². The van der Waals surface area contributed by atoms with E-state index in [0.29, 0.717) is 0 Å². The zero-order chi connectivity index (χ0) is 15.3. The minimum atomic E-state index is -0.612. The molecule has 0 saturated carbocycles. The van der Waals surface area contributed by atoms with Crippen molar-refractivity contribution in [2.45, 2.75) is 19.4 Å². The summed E-state index contributed by atoms with van der Waals surface area (Å²) >= 11 is 0. The number of hydrogen-bond acceptors (Lipinski definition) is 3. The van der Waals surface area contributed by atoms with Crippen molar-refractivity contribution in [1.82, 2.24) is 5.32 Å². The molecule has 2 aromatic rings. The Labute approximate surface area is 125 Å². The van der Waals surface area contributed by atoms with Crippen LogP contribution in [0.5, 0.6) is 11.5 Å². The third-order valence-electron chi connectivity index (χ3n) is 3.28. The lowest BCUT2D eigenvalue weighted by Crippen LogP contribution is -2.47. The molecule has 0 spiro atoms. The average molecular weight is 284 g/mol. The van der Waals surface area contributed by atoms with Crippen molar-refractivity contribution in [2.75, 3.05) is 12.4 Å². The summed E-state index contributed by atoms with van der Waals surface area (Å²) in [6, 6.07) is 16.9. The molecule has 0 aliphatic heterocycles. The Balaban J connectivity index is 2.01. The Kier molecular flexibility index (Phi) is 4.60. The van der Waals surface area contributed by atoms with Gasteiger partial charge in [-0.3, -0.25) is 4.79 Å². The zero-order valence-corrected chi connectivity index (χ0v) is 12.5. The van der Waals surface area contributed by atoms with Crippen LogP contribution >= 0.6 is 0 Å². The Morgan fingerprint density at radius 3 is 2.10 bits per heavy atom. The second kappa shape index (κ2) is 6.41. The summed E-state index contributed by atoms with van der Waals surface area (Å²) in [5.74, 6) is 1.43. The predicted molar refractivity (Wildman–Crippen MR) is 84.7 cm³/mol. The van der Waals surface area contributed by atoms with Crippen molar-refractivity contribution >= 4 is 11.6 Å². The fourth-order valence-corrected chi connectivity index (χ4v) is 1.63. The third-order valence-corrected chi connectivity index (χ3v) is 3.28. The molecule has 2 aromatic carbocycles. The summed E-state index contributed by atoms with van der Waals surface area (Å²) in [7, 11) is 1.76. The molecule has 0 bridgehead atoms. The highest BCUT2D eigenvalue weighted by atomic mass is 16.5. The van der Waals surface area contributed by atoms with E-state index >= 15 is 0 Å². The largest absolute Gasteiger partial charge is 0.457 e. The van der Waals surface area contributed by atoms with Crippen LogP contribution in [0.4, 0.5) is 5.69 Å². The van der Waals surface area contributed by atoms with Gasteiger partial charge in [0.25, 0.3) is 0 Å². The average Bonchev–Trinajstić information content (AvgIpc) is 2.50. The van der Waals surface area contributed by atoms with Crippen molar-refractivity contribution < 1.29 is 9.53 Å². The molecule has 0 unspecified atom stereocenters. The molecule has 4 nitrogen and oxygen atoms in total. The fourth-order valence-electron chi connectivity index (χ4n) is 1.63. The van der Waals surface area contributed by atoms with Gasteiger partial charge < -0.3 is 15.4 Å². The molecule has 0 radical (unpaired) electrons. The van der Waals surface area contributed by atoms with Gasteiger partial charge in [-0.15, -0.1) is 0 Å². The van der Waals surface area contributed by atoms with E-state index in [1.165, 1.54) is 0 Å². The molecule has 0 saturated heterocycles. The third kappa shape index (κ3) is 4.07. The predicted octanol–water partition coefficient (Wildman–Crippen LogP) is 3.42. The minimum absolute atomic E-state index is 0.0817. The quantitative estimate of drug-likeness (QED) is 0.884. The molecule has 2 N–H and O–H groups in total. The minimum Gasteiger partial charge on any atom is -0.457 e. The van der Waals surface area contributed by atoms with Crippen molar-refractivity contribution in [3.8, 4) is 11.5 Å². The van der Waals surface area contributed by atoms with Crippen LogP contribution in [0.2, 0.25) is 0 Å². The smallest absolute Gasteiger partial charge is 0.244 e. The number of likely N-dealkylation sites (N-methyl/N-ethyl adjacent to an activating group) is 1. The highest BCUT2D eigenvalue weighted by molar-refractivity contribution is 5.97. The number of carbonyl (C=O) groups excluding carboxylic acids is 1. The second-order valence-corrected chi connectivity index (χ2v) is 5.27. The summed E-state index contributed by atoms with van der Waals surface area (Å²) in [6.07, 6.45) is 0. The molecule has 0 fully saturated rings. The van der Waals surface area contributed by atoms with E-state index in [1.54, 1.807) is 7.05 Å². The van der Waals surface area contributed by atoms with Gasteiger partial charge >= 0.3 is 0 Å². The second-order valence-electron chi connectivity index (χ2n) is 5.27. The molecule has 0 atom stereocenters. The number of hydrogen-bond donors (Lipinski definition) is 2. The molecule has 0 heterocycles. The Hall–Kier alpha value is -2.33. The maximum atomic E-state index is 12.0. The summed E-state index contributed by atoms with van der Waals surface area (Å²) in [6.45, 7) is 3.66. The van der Waals surface area contributed by atoms with Gasteiger partial charge in [-0.2, -0.15) is 0 Å². The number of benzene rings is 2. The zero-order valence-electron chi connectivity index (χ0n) is 12.5. The van der Waals surface area contributed by atoms with Gasteiger partial charge in [0, 0.05) is 5.69 Å². The van der Waals surface area contributed by atoms with E-state index in [2.05, 4.69) is 10.6 Å². The number of nitrogens with one attached hydrogen (secondary N) is 2.